The molecule has 0 saturated heterocycles. The SMILES string of the molecule is Cc1ccccc1N(c1ccc2c(-c3ccccc3)c3c(c(-c4ccccc4)c2c1)-c1c-3c(-c2ccccc2)c2ccc(N(c3ccccc3C)c3cccc4c3oc3ccccc34)cc2c1-c1ccccc1)c1cccc2c1oc1ccccc12. The first kappa shape index (κ1) is 49.4. The minimum Gasteiger partial charge on any atom is -0.454 e. The van der Waals surface area contributed by atoms with E-state index in [1.807, 2.05) is 0 Å². The van der Waals surface area contributed by atoms with Crippen molar-refractivity contribution in [2.75, 3.05) is 9.80 Å². The van der Waals surface area contributed by atoms with E-state index in [4.69, 9.17) is 8.83 Å². The van der Waals surface area contributed by atoms with E-state index in [2.05, 4.69) is 315 Å². The molecule has 0 amide bonds. The van der Waals surface area contributed by atoms with Crippen molar-refractivity contribution in [2.24, 2.45) is 0 Å². The topological polar surface area (TPSA) is 32.8 Å². The molecule has 16 aromatic rings. The van der Waals surface area contributed by atoms with Gasteiger partial charge in [-0.3, -0.25) is 0 Å². The highest BCUT2D eigenvalue weighted by molar-refractivity contribution is 6.33. The number of benzene rings is 14. The molecule has 0 fully saturated rings. The number of furan rings is 2. The van der Waals surface area contributed by atoms with Crippen LogP contribution in [0.3, 0.4) is 0 Å². The number of nitrogens with zero attached hydrogens (tertiary/aromatic N) is 2. The van der Waals surface area contributed by atoms with Crippen molar-refractivity contribution in [2.45, 2.75) is 13.8 Å². The van der Waals surface area contributed by atoms with Gasteiger partial charge in [0.25, 0.3) is 0 Å². The number of aryl methyl sites for hydroxylation is 2. The molecule has 0 aliphatic heterocycles. The molecule has 86 heavy (non-hydrogen) atoms. The van der Waals surface area contributed by atoms with Gasteiger partial charge >= 0.3 is 0 Å². The third kappa shape index (κ3) is 7.56. The smallest absolute Gasteiger partial charge is 0.159 e. The van der Waals surface area contributed by atoms with Crippen LogP contribution in [0.15, 0.2) is 300 Å². The van der Waals surface area contributed by atoms with Crippen LogP contribution < -0.4 is 9.80 Å². The monoisotopic (exact) mass is 1100 g/mol. The number of para-hydroxylation sites is 6. The molecular weight excluding hydrogens is 1040 g/mol. The fraction of sp³-hybridized carbons (Fsp3) is 0.0244. The van der Waals surface area contributed by atoms with Crippen LogP contribution in [0.4, 0.5) is 34.1 Å². The van der Waals surface area contributed by atoms with Crippen molar-refractivity contribution in [1.82, 2.24) is 0 Å². The summed E-state index contributed by atoms with van der Waals surface area (Å²) in [7, 11) is 0. The van der Waals surface area contributed by atoms with Gasteiger partial charge in [-0.05, 0) is 174 Å². The summed E-state index contributed by atoms with van der Waals surface area (Å²) < 4.78 is 13.8. The van der Waals surface area contributed by atoms with Crippen molar-refractivity contribution < 1.29 is 8.83 Å². The molecule has 0 atom stereocenters. The van der Waals surface area contributed by atoms with E-state index < -0.39 is 0 Å². The molecule has 2 aromatic heterocycles. The molecule has 17 rings (SSSR count). The van der Waals surface area contributed by atoms with Crippen LogP contribution in [-0.2, 0) is 0 Å². The summed E-state index contributed by atoms with van der Waals surface area (Å²) in [6.07, 6.45) is 0. The summed E-state index contributed by atoms with van der Waals surface area (Å²) in [4.78, 5) is 4.82. The lowest BCUT2D eigenvalue weighted by Crippen LogP contribution is -2.13. The largest absolute Gasteiger partial charge is 0.454 e. The average Bonchev–Trinajstić information content (AvgIpc) is 1.57. The first-order valence-corrected chi connectivity index (χ1v) is 29.6. The van der Waals surface area contributed by atoms with Gasteiger partial charge in [-0.1, -0.05) is 231 Å². The van der Waals surface area contributed by atoms with Gasteiger partial charge in [-0.2, -0.15) is 0 Å². The third-order valence-corrected chi connectivity index (χ3v) is 17.8. The van der Waals surface area contributed by atoms with Crippen molar-refractivity contribution in [3.63, 3.8) is 0 Å². The van der Waals surface area contributed by atoms with E-state index >= 15 is 0 Å². The fourth-order valence-electron chi connectivity index (χ4n) is 14.0. The minimum absolute atomic E-state index is 0.846. The maximum absolute atomic E-state index is 6.89. The van der Waals surface area contributed by atoms with Crippen molar-refractivity contribution in [3.05, 3.63) is 302 Å². The number of fused-ring (bicyclic) bond motifs is 12. The lowest BCUT2D eigenvalue weighted by molar-refractivity contribution is 0.668. The van der Waals surface area contributed by atoms with Gasteiger partial charge in [-0.15, -0.1) is 0 Å². The lowest BCUT2D eigenvalue weighted by atomic mass is 9.65. The van der Waals surface area contributed by atoms with Crippen LogP contribution in [0.2, 0.25) is 0 Å². The van der Waals surface area contributed by atoms with Gasteiger partial charge in [0.15, 0.2) is 11.2 Å². The summed E-state index contributed by atoms with van der Waals surface area (Å²) in [6, 6.07) is 106. The quantitative estimate of drug-likeness (QED) is 0.137. The van der Waals surface area contributed by atoms with Gasteiger partial charge in [0.2, 0.25) is 0 Å². The molecule has 0 N–H and O–H groups in total. The second-order valence-corrected chi connectivity index (χ2v) is 22.7. The summed E-state index contributed by atoms with van der Waals surface area (Å²) in [5.74, 6) is 0. The second-order valence-electron chi connectivity index (χ2n) is 22.7. The lowest BCUT2D eigenvalue weighted by Gasteiger charge is -2.38. The molecule has 4 nitrogen and oxygen atoms in total. The minimum atomic E-state index is 0.846. The number of hydrogen-bond donors (Lipinski definition) is 0. The molecule has 0 saturated carbocycles. The summed E-state index contributed by atoms with van der Waals surface area (Å²) in [5.41, 5.74) is 26.4. The zero-order chi connectivity index (χ0) is 57.0. The van der Waals surface area contributed by atoms with Crippen LogP contribution in [0.25, 0.3) is 132 Å². The Bertz CT molecular complexity index is 5030. The number of anilines is 6. The van der Waals surface area contributed by atoms with E-state index in [9.17, 15) is 0 Å². The van der Waals surface area contributed by atoms with E-state index in [-0.39, 0.29) is 0 Å². The van der Waals surface area contributed by atoms with Gasteiger partial charge in [0.05, 0.1) is 11.4 Å². The average molecular weight is 1100 g/mol. The van der Waals surface area contributed by atoms with E-state index in [1.54, 1.807) is 0 Å². The zero-order valence-corrected chi connectivity index (χ0v) is 47.4. The summed E-state index contributed by atoms with van der Waals surface area (Å²) in [6.45, 7) is 4.41. The Morgan fingerprint density at radius 2 is 0.523 bits per heavy atom. The highest BCUT2D eigenvalue weighted by Gasteiger charge is 2.39. The molecule has 1 aliphatic rings. The van der Waals surface area contributed by atoms with Gasteiger partial charge < -0.3 is 18.6 Å². The Morgan fingerprint density at radius 3 is 0.895 bits per heavy atom. The Balaban J connectivity index is 1.01. The molecule has 0 unspecified atom stereocenters. The first-order valence-electron chi connectivity index (χ1n) is 29.6. The second kappa shape index (κ2) is 19.7. The molecule has 2 heterocycles. The Kier molecular flexibility index (Phi) is 11.3. The van der Waals surface area contributed by atoms with E-state index in [0.717, 1.165) is 111 Å². The zero-order valence-electron chi connectivity index (χ0n) is 47.4. The van der Waals surface area contributed by atoms with Crippen LogP contribution in [0.1, 0.15) is 11.1 Å². The molecule has 1 aliphatic carbocycles. The van der Waals surface area contributed by atoms with Crippen molar-refractivity contribution in [1.29, 1.82) is 0 Å². The van der Waals surface area contributed by atoms with Crippen LogP contribution in [-0.4, -0.2) is 0 Å². The standard InChI is InChI=1S/C82H54N2O2/c1-51-25-15-19-39-67(51)83(69-41-23-37-63-59-35-17-21-43-71(59)85-81(63)69)57-45-47-61-65(49-57)75(55-31-11-5-12-32-55)79-77(73(61)53-27-7-3-8-28-53)78-74(54-29-9-4-10-30-54)62-48-46-58(50-66(62)76(80(78)79)56-33-13-6-14-34-56)84(68-40-20-16-26-52(68)2)70-42-24-38-64-60-36-18-22-44-72(60)86-82(64)70/h3-50H,1-2H3. The number of rotatable bonds is 10. The van der Waals surface area contributed by atoms with Gasteiger partial charge in [0.1, 0.15) is 11.2 Å². The Labute approximate surface area is 498 Å². The molecule has 4 heteroatoms. The molecular formula is C82H54N2O2. The molecule has 404 valence electrons. The molecule has 0 bridgehead atoms. The third-order valence-electron chi connectivity index (χ3n) is 17.8. The maximum Gasteiger partial charge on any atom is 0.159 e. The maximum atomic E-state index is 6.89. The Morgan fingerprint density at radius 1 is 0.221 bits per heavy atom. The summed E-state index contributed by atoms with van der Waals surface area (Å²) >= 11 is 0. The van der Waals surface area contributed by atoms with Crippen molar-refractivity contribution in [3.8, 4) is 66.8 Å². The van der Waals surface area contributed by atoms with Crippen LogP contribution in [0, 0.1) is 13.8 Å². The molecule has 0 radical (unpaired) electrons. The number of hydrogen-bond acceptors (Lipinski definition) is 4. The Hall–Kier alpha value is -11.2. The van der Waals surface area contributed by atoms with Crippen LogP contribution >= 0.6 is 0 Å². The highest BCUT2D eigenvalue weighted by atomic mass is 16.3. The van der Waals surface area contributed by atoms with Crippen LogP contribution in [0.5, 0.6) is 0 Å². The van der Waals surface area contributed by atoms with Gasteiger partial charge in [-0.25, -0.2) is 0 Å². The van der Waals surface area contributed by atoms with E-state index in [0.29, 0.717) is 0 Å². The predicted molar refractivity (Wildman–Crippen MR) is 361 cm³/mol. The normalized spacial score (nSPS) is 11.8. The van der Waals surface area contributed by atoms with Crippen molar-refractivity contribution >= 4 is 99.5 Å². The fourth-order valence-corrected chi connectivity index (χ4v) is 14.0. The van der Waals surface area contributed by atoms with Gasteiger partial charge in [0, 0.05) is 44.3 Å². The highest BCUT2D eigenvalue weighted by Crippen LogP contribution is 2.66. The summed E-state index contributed by atoms with van der Waals surface area (Å²) in [5, 5.41) is 9.03. The van der Waals surface area contributed by atoms with E-state index in [1.165, 1.54) is 66.4 Å². The predicted octanol–water partition coefficient (Wildman–Crippen LogP) is 23.7. The molecule has 0 spiro atoms. The molecule has 14 aromatic carbocycles. The first-order chi connectivity index (χ1) is 42.6.